The molecular formula is C23H25N5O6S2. The van der Waals surface area contributed by atoms with Gasteiger partial charge in [0.2, 0.25) is 5.82 Å². The van der Waals surface area contributed by atoms with Crippen LogP contribution in [0.5, 0.6) is 5.75 Å². The molecule has 1 saturated heterocycles. The summed E-state index contributed by atoms with van der Waals surface area (Å²) < 4.78 is 33.1. The maximum absolute atomic E-state index is 13.2. The summed E-state index contributed by atoms with van der Waals surface area (Å²) in [6.45, 7) is 0.756. The number of sulfonamides is 1. The molecule has 1 aliphatic rings. The van der Waals surface area contributed by atoms with Crippen molar-refractivity contribution in [3.63, 3.8) is 0 Å². The normalized spacial score (nSPS) is 14.8. The fourth-order valence-electron chi connectivity index (χ4n) is 3.84. The van der Waals surface area contributed by atoms with Crippen molar-refractivity contribution >= 4 is 38.8 Å². The van der Waals surface area contributed by atoms with Crippen LogP contribution in [-0.4, -0.2) is 54.8 Å². The highest BCUT2D eigenvalue weighted by Crippen LogP contribution is 2.29. The van der Waals surface area contributed by atoms with E-state index in [1.165, 1.54) is 29.7 Å². The molecule has 1 amide bonds. The molecule has 0 aliphatic carbocycles. The van der Waals surface area contributed by atoms with E-state index >= 15 is 0 Å². The summed E-state index contributed by atoms with van der Waals surface area (Å²) in [6, 6.07) is 12.8. The van der Waals surface area contributed by atoms with Crippen LogP contribution in [0.25, 0.3) is 0 Å². The van der Waals surface area contributed by atoms with Gasteiger partial charge in [-0.1, -0.05) is 6.07 Å². The Kier molecular flexibility index (Phi) is 7.82. The van der Waals surface area contributed by atoms with Crippen molar-refractivity contribution in [1.82, 2.24) is 14.6 Å². The first kappa shape index (κ1) is 25.5. The Morgan fingerprint density at radius 2 is 2.00 bits per heavy atom. The highest BCUT2D eigenvalue weighted by Gasteiger charge is 2.31. The first-order valence-electron chi connectivity index (χ1n) is 11.1. The average Bonchev–Trinajstić information content (AvgIpc) is 3.38. The maximum atomic E-state index is 13.2. The van der Waals surface area contributed by atoms with Crippen LogP contribution in [-0.2, 0) is 16.6 Å². The van der Waals surface area contributed by atoms with E-state index in [4.69, 9.17) is 4.74 Å². The largest absolute Gasteiger partial charge is 0.497 e. The van der Waals surface area contributed by atoms with Gasteiger partial charge >= 0.3 is 5.69 Å². The third-order valence-corrected chi connectivity index (χ3v) is 9.22. The van der Waals surface area contributed by atoms with E-state index in [1.807, 2.05) is 0 Å². The van der Waals surface area contributed by atoms with Gasteiger partial charge < -0.3 is 15.4 Å². The summed E-state index contributed by atoms with van der Waals surface area (Å²) in [5.41, 5.74) is 0.337. The Hall–Kier alpha value is -3.55. The quantitative estimate of drug-likeness (QED) is 0.316. The molecule has 0 saturated carbocycles. The summed E-state index contributed by atoms with van der Waals surface area (Å²) in [5.74, 6) is 0.474. The minimum absolute atomic E-state index is 0.114. The van der Waals surface area contributed by atoms with Gasteiger partial charge in [-0.3, -0.25) is 14.9 Å². The van der Waals surface area contributed by atoms with E-state index in [2.05, 4.69) is 15.6 Å². The molecule has 4 rings (SSSR count). The second-order valence-corrected chi connectivity index (χ2v) is 11.4. The van der Waals surface area contributed by atoms with Crippen LogP contribution in [0.1, 0.15) is 28.1 Å². The summed E-state index contributed by atoms with van der Waals surface area (Å²) in [4.78, 5) is 27.9. The minimum Gasteiger partial charge on any atom is -0.497 e. The molecule has 36 heavy (non-hydrogen) atoms. The van der Waals surface area contributed by atoms with Gasteiger partial charge in [0.15, 0.2) is 0 Å². The van der Waals surface area contributed by atoms with Gasteiger partial charge in [0.05, 0.1) is 18.6 Å². The lowest BCUT2D eigenvalue weighted by atomic mass is 10.1. The summed E-state index contributed by atoms with van der Waals surface area (Å²) in [7, 11) is -2.16. The highest BCUT2D eigenvalue weighted by molar-refractivity contribution is 7.91. The van der Waals surface area contributed by atoms with Crippen LogP contribution < -0.4 is 15.4 Å². The fourth-order valence-corrected chi connectivity index (χ4v) is 6.76. The zero-order valence-corrected chi connectivity index (χ0v) is 21.0. The predicted molar refractivity (Wildman–Crippen MR) is 135 cm³/mol. The number of nitrogens with one attached hydrogen (secondary N) is 2. The van der Waals surface area contributed by atoms with E-state index in [0.717, 1.165) is 11.3 Å². The molecule has 0 spiro atoms. The molecule has 190 valence electrons. The van der Waals surface area contributed by atoms with Crippen molar-refractivity contribution in [3.05, 3.63) is 75.3 Å². The van der Waals surface area contributed by atoms with Crippen LogP contribution >= 0.6 is 11.3 Å². The summed E-state index contributed by atoms with van der Waals surface area (Å²) in [5, 5.41) is 17.1. The molecule has 11 nitrogen and oxygen atoms in total. The fraction of sp³-hybridized carbons (Fsp3) is 0.304. The molecular weight excluding hydrogens is 506 g/mol. The summed E-state index contributed by atoms with van der Waals surface area (Å²) >= 11 is 1.12. The number of hydrogen-bond donors (Lipinski definition) is 2. The van der Waals surface area contributed by atoms with Gasteiger partial charge in [-0.05, 0) is 49.2 Å². The van der Waals surface area contributed by atoms with Crippen LogP contribution in [0.15, 0.2) is 58.9 Å². The molecule has 0 unspecified atom stereocenters. The molecule has 3 aromatic rings. The first-order valence-corrected chi connectivity index (χ1v) is 13.4. The van der Waals surface area contributed by atoms with Gasteiger partial charge in [-0.2, -0.15) is 4.31 Å². The second-order valence-electron chi connectivity index (χ2n) is 8.09. The Labute approximate surface area is 212 Å². The predicted octanol–water partition coefficient (Wildman–Crippen LogP) is 3.26. The summed E-state index contributed by atoms with van der Waals surface area (Å²) in [6.07, 6.45) is 2.45. The molecule has 13 heteroatoms. The van der Waals surface area contributed by atoms with Crippen molar-refractivity contribution in [2.45, 2.75) is 29.6 Å². The molecule has 0 atom stereocenters. The Morgan fingerprint density at radius 1 is 1.22 bits per heavy atom. The minimum atomic E-state index is -3.69. The van der Waals surface area contributed by atoms with Crippen molar-refractivity contribution < 1.29 is 22.9 Å². The van der Waals surface area contributed by atoms with Crippen molar-refractivity contribution in [2.75, 3.05) is 25.5 Å². The number of methoxy groups -OCH3 is 1. The smallest absolute Gasteiger partial charge is 0.311 e. The zero-order valence-electron chi connectivity index (χ0n) is 19.4. The van der Waals surface area contributed by atoms with Crippen molar-refractivity contribution in [2.24, 2.45) is 0 Å². The second kappa shape index (κ2) is 11.0. The molecule has 2 N–H and O–H groups in total. The monoisotopic (exact) mass is 531 g/mol. The Bertz CT molecular complexity index is 1350. The van der Waals surface area contributed by atoms with Gasteiger partial charge in [-0.25, -0.2) is 13.4 Å². The molecule has 1 aliphatic heterocycles. The number of carbonyl (C=O) groups excluding carboxylic acids is 1. The number of pyridine rings is 1. The van der Waals surface area contributed by atoms with E-state index in [1.54, 1.807) is 36.4 Å². The third-order valence-electron chi connectivity index (χ3n) is 5.76. The van der Waals surface area contributed by atoms with Crippen LogP contribution in [0.2, 0.25) is 0 Å². The van der Waals surface area contributed by atoms with Gasteiger partial charge in [0, 0.05) is 41.8 Å². The Morgan fingerprint density at radius 3 is 2.72 bits per heavy atom. The number of rotatable bonds is 9. The topological polar surface area (TPSA) is 144 Å². The zero-order chi connectivity index (χ0) is 25.7. The molecule has 2 aromatic heterocycles. The van der Waals surface area contributed by atoms with Gasteiger partial charge in [-0.15, -0.1) is 11.3 Å². The van der Waals surface area contributed by atoms with E-state index in [0.29, 0.717) is 29.0 Å². The van der Waals surface area contributed by atoms with Crippen LogP contribution in [0.3, 0.4) is 0 Å². The molecule has 0 radical (unpaired) electrons. The van der Waals surface area contributed by atoms with Gasteiger partial charge in [0.25, 0.3) is 15.9 Å². The number of hydrogen-bond acceptors (Lipinski definition) is 9. The SMILES string of the molecule is COc1cccc(C(=O)NCc2ccc(S(=O)(=O)N3CCC(Nc4ncccc4[N+](=O)[O-])CC3)s2)c1. The van der Waals surface area contributed by atoms with Crippen molar-refractivity contribution in [1.29, 1.82) is 0 Å². The number of ether oxygens (including phenoxy) is 1. The van der Waals surface area contributed by atoms with Gasteiger partial charge in [0.1, 0.15) is 9.96 Å². The molecule has 1 fully saturated rings. The molecule has 0 bridgehead atoms. The number of piperidine rings is 1. The average molecular weight is 532 g/mol. The molecule has 3 heterocycles. The van der Waals surface area contributed by atoms with E-state index in [-0.39, 0.29) is 47.3 Å². The number of amides is 1. The lowest BCUT2D eigenvalue weighted by molar-refractivity contribution is -0.384. The van der Waals surface area contributed by atoms with Crippen LogP contribution in [0.4, 0.5) is 11.5 Å². The standard InChI is InChI=1S/C23H25N5O6S2/c1-34-18-5-2-4-16(14-18)23(29)25-15-19-7-8-21(35-19)36(32,33)27-12-9-17(10-13-27)26-22-20(28(30)31)6-3-11-24-22/h2-8,11,14,17H,9-10,12-13,15H2,1H3,(H,24,26)(H,25,29). The number of nitro groups is 1. The number of carbonyl (C=O) groups is 1. The maximum Gasteiger partial charge on any atom is 0.311 e. The number of nitrogens with zero attached hydrogens (tertiary/aromatic N) is 3. The van der Waals surface area contributed by atoms with Crippen molar-refractivity contribution in [3.8, 4) is 5.75 Å². The third kappa shape index (κ3) is 5.80. The number of aromatic nitrogens is 1. The first-order chi connectivity index (χ1) is 17.3. The lowest BCUT2D eigenvalue weighted by Crippen LogP contribution is -2.42. The Balaban J connectivity index is 1.33. The highest BCUT2D eigenvalue weighted by atomic mass is 32.2. The number of anilines is 1. The number of thiophene rings is 1. The van der Waals surface area contributed by atoms with E-state index in [9.17, 15) is 23.3 Å². The van der Waals surface area contributed by atoms with E-state index < -0.39 is 14.9 Å². The van der Waals surface area contributed by atoms with Crippen LogP contribution in [0, 0.1) is 10.1 Å². The number of benzene rings is 1. The lowest BCUT2D eigenvalue weighted by Gasteiger charge is -2.31. The molecule has 1 aromatic carbocycles.